The van der Waals surface area contributed by atoms with Crippen molar-refractivity contribution in [1.29, 1.82) is 0 Å². The SMILES string of the molecule is CCOC(=O)c1c(C)[nH]c(C(=O)Nc2ccccc2OCC2CCCCO2)c1C. The number of esters is 1. The van der Waals surface area contributed by atoms with Crippen molar-refractivity contribution in [3.8, 4) is 5.75 Å². The topological polar surface area (TPSA) is 89.7 Å². The zero-order valence-electron chi connectivity index (χ0n) is 17.2. The number of benzene rings is 1. The fourth-order valence-corrected chi connectivity index (χ4v) is 3.49. The molecule has 0 aliphatic carbocycles. The molecule has 1 aromatic carbocycles. The van der Waals surface area contributed by atoms with Crippen LogP contribution in [-0.2, 0) is 9.47 Å². The minimum atomic E-state index is -0.436. The quantitative estimate of drug-likeness (QED) is 0.686. The van der Waals surface area contributed by atoms with E-state index in [1.165, 1.54) is 0 Å². The van der Waals surface area contributed by atoms with Gasteiger partial charge >= 0.3 is 5.97 Å². The first-order valence-electron chi connectivity index (χ1n) is 10.0. The molecule has 0 radical (unpaired) electrons. The first-order valence-corrected chi connectivity index (χ1v) is 10.0. The molecule has 7 heteroatoms. The van der Waals surface area contributed by atoms with Crippen LogP contribution in [0, 0.1) is 13.8 Å². The molecule has 1 aliphatic rings. The number of anilines is 1. The van der Waals surface area contributed by atoms with Gasteiger partial charge in [-0.1, -0.05) is 12.1 Å². The van der Waals surface area contributed by atoms with E-state index in [9.17, 15) is 9.59 Å². The van der Waals surface area contributed by atoms with Crippen LogP contribution in [0.4, 0.5) is 5.69 Å². The van der Waals surface area contributed by atoms with E-state index in [2.05, 4.69) is 10.3 Å². The van der Waals surface area contributed by atoms with Gasteiger partial charge in [-0.15, -0.1) is 0 Å². The number of para-hydroxylation sites is 2. The zero-order chi connectivity index (χ0) is 20.8. The van der Waals surface area contributed by atoms with Crippen LogP contribution in [0.3, 0.4) is 0 Å². The first kappa shape index (κ1) is 20.9. The van der Waals surface area contributed by atoms with Gasteiger partial charge in [-0.05, 0) is 57.7 Å². The third-order valence-corrected chi connectivity index (χ3v) is 4.98. The average Bonchev–Trinajstić information content (AvgIpc) is 3.02. The number of amides is 1. The summed E-state index contributed by atoms with van der Waals surface area (Å²) < 4.78 is 16.7. The molecule has 1 atom stereocenters. The molecule has 0 spiro atoms. The van der Waals surface area contributed by atoms with Crippen molar-refractivity contribution in [3.05, 3.63) is 46.8 Å². The lowest BCUT2D eigenvalue weighted by Crippen LogP contribution is -2.26. The van der Waals surface area contributed by atoms with Crippen LogP contribution in [0.25, 0.3) is 0 Å². The smallest absolute Gasteiger partial charge is 0.340 e. The van der Waals surface area contributed by atoms with Gasteiger partial charge in [0.05, 0.1) is 24.0 Å². The summed E-state index contributed by atoms with van der Waals surface area (Å²) in [4.78, 5) is 28.0. The summed E-state index contributed by atoms with van der Waals surface area (Å²) in [5.41, 5.74) is 2.46. The van der Waals surface area contributed by atoms with E-state index < -0.39 is 5.97 Å². The maximum atomic E-state index is 12.9. The lowest BCUT2D eigenvalue weighted by atomic mass is 10.1. The number of nitrogens with one attached hydrogen (secondary N) is 2. The second-order valence-electron chi connectivity index (χ2n) is 7.10. The van der Waals surface area contributed by atoms with E-state index in [1.807, 2.05) is 18.2 Å². The van der Waals surface area contributed by atoms with Crippen LogP contribution < -0.4 is 10.1 Å². The number of hydrogen-bond acceptors (Lipinski definition) is 5. The predicted molar refractivity (Wildman–Crippen MR) is 110 cm³/mol. The standard InChI is InChI=1S/C22H28N2O5/c1-4-27-22(26)19-14(2)20(23-15(19)3)21(25)24-17-10-5-6-11-18(17)29-13-16-9-7-8-12-28-16/h5-6,10-11,16,23H,4,7-9,12-13H2,1-3H3,(H,24,25). The molecule has 29 heavy (non-hydrogen) atoms. The van der Waals surface area contributed by atoms with Crippen molar-refractivity contribution in [1.82, 2.24) is 4.98 Å². The van der Waals surface area contributed by atoms with Gasteiger partial charge in [-0.25, -0.2) is 4.79 Å². The van der Waals surface area contributed by atoms with Gasteiger partial charge < -0.3 is 24.5 Å². The van der Waals surface area contributed by atoms with E-state index in [4.69, 9.17) is 14.2 Å². The Balaban J connectivity index is 1.72. The Morgan fingerprint density at radius 3 is 2.76 bits per heavy atom. The van der Waals surface area contributed by atoms with Crippen LogP contribution in [-0.4, -0.2) is 42.8 Å². The molecule has 156 valence electrons. The second kappa shape index (κ2) is 9.60. The van der Waals surface area contributed by atoms with Crippen molar-refractivity contribution in [2.75, 3.05) is 25.1 Å². The van der Waals surface area contributed by atoms with Gasteiger partial charge in [0, 0.05) is 12.3 Å². The van der Waals surface area contributed by atoms with Gasteiger partial charge in [0.1, 0.15) is 18.1 Å². The molecule has 3 rings (SSSR count). The molecule has 2 heterocycles. The molecule has 1 fully saturated rings. The fourth-order valence-electron chi connectivity index (χ4n) is 3.49. The van der Waals surface area contributed by atoms with Crippen molar-refractivity contribution in [2.45, 2.75) is 46.1 Å². The van der Waals surface area contributed by atoms with Gasteiger partial charge in [0.2, 0.25) is 0 Å². The summed E-state index contributed by atoms with van der Waals surface area (Å²) in [6.07, 6.45) is 3.28. The summed E-state index contributed by atoms with van der Waals surface area (Å²) in [6.45, 7) is 6.71. The highest BCUT2D eigenvalue weighted by atomic mass is 16.5. The maximum absolute atomic E-state index is 12.9. The van der Waals surface area contributed by atoms with Gasteiger partial charge in [-0.3, -0.25) is 4.79 Å². The lowest BCUT2D eigenvalue weighted by molar-refractivity contribution is -0.0109. The average molecular weight is 400 g/mol. The van der Waals surface area contributed by atoms with Gasteiger partial charge in [-0.2, -0.15) is 0 Å². The predicted octanol–water partition coefficient (Wildman–Crippen LogP) is 4.01. The summed E-state index contributed by atoms with van der Waals surface area (Å²) in [5.74, 6) is -0.193. The third-order valence-electron chi connectivity index (χ3n) is 4.98. The number of aryl methyl sites for hydroxylation is 1. The molecule has 0 bridgehead atoms. The molecule has 1 aliphatic heterocycles. The van der Waals surface area contributed by atoms with E-state index in [1.54, 1.807) is 26.8 Å². The third kappa shape index (κ3) is 4.98. The largest absolute Gasteiger partial charge is 0.489 e. The number of ether oxygens (including phenoxy) is 3. The van der Waals surface area contributed by atoms with E-state index in [0.717, 1.165) is 25.9 Å². The highest BCUT2D eigenvalue weighted by molar-refractivity contribution is 6.07. The number of aromatic nitrogens is 1. The maximum Gasteiger partial charge on any atom is 0.340 e. The Bertz CT molecular complexity index is 868. The highest BCUT2D eigenvalue weighted by Crippen LogP contribution is 2.27. The number of carbonyl (C=O) groups excluding carboxylic acids is 2. The van der Waals surface area contributed by atoms with E-state index in [0.29, 0.717) is 40.6 Å². The highest BCUT2D eigenvalue weighted by Gasteiger charge is 2.23. The van der Waals surface area contributed by atoms with Crippen molar-refractivity contribution >= 4 is 17.6 Å². The fraction of sp³-hybridized carbons (Fsp3) is 0.455. The zero-order valence-corrected chi connectivity index (χ0v) is 17.2. The Kier molecular flexibility index (Phi) is 6.93. The second-order valence-corrected chi connectivity index (χ2v) is 7.10. The van der Waals surface area contributed by atoms with E-state index in [-0.39, 0.29) is 18.6 Å². The van der Waals surface area contributed by atoms with Crippen molar-refractivity contribution in [3.63, 3.8) is 0 Å². The Hall–Kier alpha value is -2.80. The lowest BCUT2D eigenvalue weighted by Gasteiger charge is -2.23. The van der Waals surface area contributed by atoms with Gasteiger partial charge in [0.25, 0.3) is 5.91 Å². The molecule has 2 aromatic rings. The Labute approximate surface area is 170 Å². The van der Waals surface area contributed by atoms with Crippen molar-refractivity contribution < 1.29 is 23.8 Å². The van der Waals surface area contributed by atoms with Gasteiger partial charge in [0.15, 0.2) is 0 Å². The van der Waals surface area contributed by atoms with Crippen LogP contribution >= 0.6 is 0 Å². The number of H-pyrrole nitrogens is 1. The first-order chi connectivity index (χ1) is 14.0. The van der Waals surface area contributed by atoms with Crippen molar-refractivity contribution in [2.24, 2.45) is 0 Å². The molecule has 1 saturated heterocycles. The van der Waals surface area contributed by atoms with Crippen LogP contribution in [0.2, 0.25) is 0 Å². The minimum Gasteiger partial charge on any atom is -0.489 e. The molecule has 2 N–H and O–H groups in total. The molecular weight excluding hydrogens is 372 g/mol. The number of rotatable bonds is 7. The monoisotopic (exact) mass is 400 g/mol. The summed E-state index contributed by atoms with van der Waals surface area (Å²) in [5, 5.41) is 2.88. The van der Waals surface area contributed by atoms with E-state index >= 15 is 0 Å². The number of hydrogen-bond donors (Lipinski definition) is 2. The number of aromatic amines is 1. The molecular formula is C22H28N2O5. The minimum absolute atomic E-state index is 0.0768. The summed E-state index contributed by atoms with van der Waals surface area (Å²) in [6, 6.07) is 7.29. The summed E-state index contributed by atoms with van der Waals surface area (Å²) >= 11 is 0. The number of carbonyl (C=O) groups is 2. The molecule has 1 unspecified atom stereocenters. The van der Waals surface area contributed by atoms with Crippen LogP contribution in [0.5, 0.6) is 5.75 Å². The molecule has 1 aromatic heterocycles. The molecule has 0 saturated carbocycles. The summed E-state index contributed by atoms with van der Waals surface area (Å²) in [7, 11) is 0. The molecule has 7 nitrogen and oxygen atoms in total. The molecule has 1 amide bonds. The Morgan fingerprint density at radius 1 is 1.24 bits per heavy atom. The normalized spacial score (nSPS) is 16.3. The van der Waals surface area contributed by atoms with Crippen LogP contribution in [0.15, 0.2) is 24.3 Å². The Morgan fingerprint density at radius 2 is 2.03 bits per heavy atom. The van der Waals surface area contributed by atoms with Crippen LogP contribution in [0.1, 0.15) is 58.3 Å².